The van der Waals surface area contributed by atoms with Gasteiger partial charge >= 0.3 is 0 Å². The molecule has 0 saturated carbocycles. The van der Waals surface area contributed by atoms with E-state index in [-0.39, 0.29) is 0 Å². The van der Waals surface area contributed by atoms with Crippen LogP contribution < -0.4 is 5.73 Å². The Kier molecular flexibility index (Phi) is 4.07. The number of nitrogens with two attached hydrogens (primary N) is 1. The van der Waals surface area contributed by atoms with E-state index in [1.165, 1.54) is 12.8 Å². The molecule has 4 heteroatoms. The van der Waals surface area contributed by atoms with Gasteiger partial charge in [0.2, 0.25) is 0 Å². The summed E-state index contributed by atoms with van der Waals surface area (Å²) < 4.78 is 0. The highest BCUT2D eigenvalue weighted by Crippen LogP contribution is 2.19. The average molecular weight is 234 g/mol. The third kappa shape index (κ3) is 3.48. The van der Waals surface area contributed by atoms with Gasteiger partial charge in [0.15, 0.2) is 0 Å². The zero-order valence-corrected chi connectivity index (χ0v) is 10.8. The van der Waals surface area contributed by atoms with E-state index in [0.29, 0.717) is 12.0 Å². The van der Waals surface area contributed by atoms with E-state index in [9.17, 15) is 0 Å². The lowest BCUT2D eigenvalue weighted by Crippen LogP contribution is -2.42. The van der Waals surface area contributed by atoms with Crippen LogP contribution in [0.3, 0.4) is 0 Å². The number of rotatable bonds is 3. The first-order valence-electron chi connectivity index (χ1n) is 6.41. The van der Waals surface area contributed by atoms with Crippen molar-refractivity contribution < 1.29 is 0 Å². The Morgan fingerprint density at radius 2 is 2.41 bits per heavy atom. The number of aromatic nitrogens is 2. The molecule has 0 spiro atoms. The number of aryl methyl sites for hydroxylation is 1. The smallest absolute Gasteiger partial charge is 0.125 e. The van der Waals surface area contributed by atoms with Crippen molar-refractivity contribution in [2.75, 3.05) is 13.1 Å². The molecule has 2 atom stereocenters. The van der Waals surface area contributed by atoms with Crippen molar-refractivity contribution in [1.82, 2.24) is 14.9 Å². The van der Waals surface area contributed by atoms with Crippen LogP contribution in [0, 0.1) is 12.8 Å². The molecule has 1 aromatic heterocycles. The summed E-state index contributed by atoms with van der Waals surface area (Å²) in [6, 6.07) is 2.30. The normalized spacial score (nSPS) is 23.6. The maximum atomic E-state index is 5.99. The fourth-order valence-corrected chi connectivity index (χ4v) is 2.49. The highest BCUT2D eigenvalue weighted by atomic mass is 15.1. The molecule has 0 radical (unpaired) electrons. The van der Waals surface area contributed by atoms with Crippen LogP contribution in [0.25, 0.3) is 0 Å². The zero-order chi connectivity index (χ0) is 12.3. The van der Waals surface area contributed by atoms with Crippen molar-refractivity contribution in [2.24, 2.45) is 11.7 Å². The molecule has 17 heavy (non-hydrogen) atoms. The van der Waals surface area contributed by atoms with Gasteiger partial charge in [0, 0.05) is 25.3 Å². The summed E-state index contributed by atoms with van der Waals surface area (Å²) in [7, 11) is 0. The average Bonchev–Trinajstić information content (AvgIpc) is 2.29. The number of piperidine rings is 1. The summed E-state index contributed by atoms with van der Waals surface area (Å²) in [6.45, 7) is 7.23. The van der Waals surface area contributed by atoms with Crippen LogP contribution in [-0.4, -0.2) is 34.0 Å². The molecule has 0 aromatic carbocycles. The Labute approximate surface area is 103 Å². The van der Waals surface area contributed by atoms with E-state index < -0.39 is 0 Å². The lowest BCUT2D eigenvalue weighted by atomic mass is 9.92. The Balaban J connectivity index is 1.94. The molecule has 2 N–H and O–H groups in total. The third-order valence-corrected chi connectivity index (χ3v) is 3.50. The quantitative estimate of drug-likeness (QED) is 0.857. The maximum Gasteiger partial charge on any atom is 0.125 e. The maximum absolute atomic E-state index is 5.99. The van der Waals surface area contributed by atoms with Gasteiger partial charge in [0.25, 0.3) is 0 Å². The third-order valence-electron chi connectivity index (χ3n) is 3.50. The van der Waals surface area contributed by atoms with Gasteiger partial charge in [-0.2, -0.15) is 0 Å². The predicted octanol–water partition coefficient (Wildman–Crippen LogP) is 1.34. The molecular formula is C13H22N4. The molecule has 1 aromatic rings. The van der Waals surface area contributed by atoms with Crippen molar-refractivity contribution in [3.63, 3.8) is 0 Å². The van der Waals surface area contributed by atoms with Crippen LogP contribution in [0.2, 0.25) is 0 Å². The number of hydrogen-bond acceptors (Lipinski definition) is 4. The first-order valence-corrected chi connectivity index (χ1v) is 6.41. The molecule has 1 fully saturated rings. The lowest BCUT2D eigenvalue weighted by Gasteiger charge is -2.34. The van der Waals surface area contributed by atoms with Gasteiger partial charge in [0.1, 0.15) is 5.82 Å². The van der Waals surface area contributed by atoms with E-state index >= 15 is 0 Å². The van der Waals surface area contributed by atoms with Crippen molar-refractivity contribution >= 4 is 0 Å². The molecule has 94 valence electrons. The summed E-state index contributed by atoms with van der Waals surface area (Å²) in [5, 5.41) is 0. The largest absolute Gasteiger partial charge is 0.328 e. The van der Waals surface area contributed by atoms with Gasteiger partial charge in [-0.15, -0.1) is 0 Å². The molecule has 2 unspecified atom stereocenters. The van der Waals surface area contributed by atoms with Gasteiger partial charge in [0.05, 0.1) is 5.69 Å². The fourth-order valence-electron chi connectivity index (χ4n) is 2.49. The summed E-state index contributed by atoms with van der Waals surface area (Å²) in [4.78, 5) is 11.0. The highest BCUT2D eigenvalue weighted by molar-refractivity contribution is 5.01. The standard InChI is InChI=1S/C13H22N4/c1-10(14)12-4-3-7-17(8-12)9-13-5-6-15-11(2)16-13/h5-6,10,12H,3-4,7-9,14H2,1-2H3. The zero-order valence-electron chi connectivity index (χ0n) is 10.8. The molecule has 1 saturated heterocycles. The van der Waals surface area contributed by atoms with Crippen LogP contribution in [-0.2, 0) is 6.54 Å². The van der Waals surface area contributed by atoms with Crippen LogP contribution in [0.15, 0.2) is 12.3 Å². The van der Waals surface area contributed by atoms with Crippen molar-refractivity contribution in [3.05, 3.63) is 23.8 Å². The van der Waals surface area contributed by atoms with Gasteiger partial charge in [-0.3, -0.25) is 4.90 Å². The van der Waals surface area contributed by atoms with Gasteiger partial charge in [-0.25, -0.2) is 9.97 Å². The van der Waals surface area contributed by atoms with E-state index in [1.54, 1.807) is 0 Å². The first kappa shape index (κ1) is 12.5. The molecule has 1 aliphatic rings. The molecule has 0 aliphatic carbocycles. The Bertz CT molecular complexity index is 364. The lowest BCUT2D eigenvalue weighted by molar-refractivity contribution is 0.153. The minimum atomic E-state index is 0.296. The molecule has 2 heterocycles. The Hall–Kier alpha value is -1.00. The Morgan fingerprint density at radius 3 is 3.12 bits per heavy atom. The van der Waals surface area contributed by atoms with E-state index in [4.69, 9.17) is 5.73 Å². The van der Waals surface area contributed by atoms with Gasteiger partial charge in [-0.1, -0.05) is 0 Å². The number of nitrogens with zero attached hydrogens (tertiary/aromatic N) is 3. The van der Waals surface area contributed by atoms with Gasteiger partial charge in [-0.05, 0) is 45.2 Å². The van der Waals surface area contributed by atoms with E-state index in [2.05, 4.69) is 21.8 Å². The van der Waals surface area contributed by atoms with Crippen LogP contribution >= 0.6 is 0 Å². The monoisotopic (exact) mass is 234 g/mol. The van der Waals surface area contributed by atoms with Gasteiger partial charge < -0.3 is 5.73 Å². The topological polar surface area (TPSA) is 55.0 Å². The molecular weight excluding hydrogens is 212 g/mol. The summed E-state index contributed by atoms with van der Waals surface area (Å²) in [5.41, 5.74) is 7.11. The SMILES string of the molecule is Cc1nccc(CN2CCCC(C(C)N)C2)n1. The van der Waals surface area contributed by atoms with Crippen LogP contribution in [0.1, 0.15) is 31.3 Å². The van der Waals surface area contributed by atoms with E-state index in [0.717, 1.165) is 31.2 Å². The molecule has 2 rings (SSSR count). The van der Waals surface area contributed by atoms with Crippen molar-refractivity contribution in [2.45, 2.75) is 39.3 Å². The van der Waals surface area contributed by atoms with Crippen molar-refractivity contribution in [3.8, 4) is 0 Å². The number of hydrogen-bond donors (Lipinski definition) is 1. The second kappa shape index (κ2) is 5.56. The minimum Gasteiger partial charge on any atom is -0.328 e. The fraction of sp³-hybridized carbons (Fsp3) is 0.692. The minimum absolute atomic E-state index is 0.296. The summed E-state index contributed by atoms with van der Waals surface area (Å²) in [6.07, 6.45) is 4.35. The second-order valence-electron chi connectivity index (χ2n) is 5.09. The Morgan fingerprint density at radius 1 is 1.59 bits per heavy atom. The van der Waals surface area contributed by atoms with Crippen molar-refractivity contribution in [1.29, 1.82) is 0 Å². The van der Waals surface area contributed by atoms with Crippen LogP contribution in [0.4, 0.5) is 0 Å². The molecule has 0 amide bonds. The number of likely N-dealkylation sites (tertiary alicyclic amines) is 1. The summed E-state index contributed by atoms with van der Waals surface area (Å²) >= 11 is 0. The summed E-state index contributed by atoms with van der Waals surface area (Å²) in [5.74, 6) is 1.48. The van der Waals surface area contributed by atoms with E-state index in [1.807, 2.05) is 19.2 Å². The first-order chi connectivity index (χ1) is 8.15. The predicted molar refractivity (Wildman–Crippen MR) is 68.4 cm³/mol. The molecule has 1 aliphatic heterocycles. The highest BCUT2D eigenvalue weighted by Gasteiger charge is 2.22. The molecule has 4 nitrogen and oxygen atoms in total. The second-order valence-corrected chi connectivity index (χ2v) is 5.09. The molecule has 0 bridgehead atoms. The van der Waals surface area contributed by atoms with Crippen LogP contribution in [0.5, 0.6) is 0 Å².